The highest BCUT2D eigenvalue weighted by atomic mass is 32.1. The van der Waals surface area contributed by atoms with E-state index in [2.05, 4.69) is 9.59 Å². The van der Waals surface area contributed by atoms with Gasteiger partial charge in [0.1, 0.15) is 0 Å². The van der Waals surface area contributed by atoms with E-state index in [1.807, 2.05) is 0 Å². The molecule has 0 aliphatic carbocycles. The molecule has 0 radical (unpaired) electrons. The number of aromatic nitrogens is 2. The highest BCUT2D eigenvalue weighted by Crippen LogP contribution is 2.19. The van der Waals surface area contributed by atoms with Crippen molar-refractivity contribution in [1.82, 2.24) is 9.59 Å². The zero-order valence-corrected chi connectivity index (χ0v) is 7.34. The summed E-state index contributed by atoms with van der Waals surface area (Å²) in [6.45, 7) is 1.76. The minimum Gasteiger partial charge on any atom is -0.481 e. The van der Waals surface area contributed by atoms with Gasteiger partial charge in [-0.15, -0.1) is 5.10 Å². The van der Waals surface area contributed by atoms with Crippen LogP contribution in [0.2, 0.25) is 0 Å². The first-order chi connectivity index (χ1) is 5.61. The number of rotatable bonds is 3. The monoisotopic (exact) mass is 187 g/mol. The second-order valence-electron chi connectivity index (χ2n) is 2.43. The number of hydrogen-bond acceptors (Lipinski definition) is 5. The van der Waals surface area contributed by atoms with Crippen LogP contribution in [-0.4, -0.2) is 20.7 Å². The molecular formula is C6H9N3O2S. The van der Waals surface area contributed by atoms with Crippen LogP contribution >= 0.6 is 11.5 Å². The topological polar surface area (TPSA) is 89.1 Å². The summed E-state index contributed by atoms with van der Waals surface area (Å²) in [6, 6.07) is -0.484. The van der Waals surface area contributed by atoms with Crippen LogP contribution in [0.5, 0.6) is 0 Å². The molecule has 0 amide bonds. The van der Waals surface area contributed by atoms with Gasteiger partial charge in [0, 0.05) is 0 Å². The summed E-state index contributed by atoms with van der Waals surface area (Å²) < 4.78 is 3.67. The Morgan fingerprint density at radius 2 is 2.50 bits per heavy atom. The van der Waals surface area contributed by atoms with Crippen molar-refractivity contribution in [3.63, 3.8) is 0 Å². The fourth-order valence-corrected chi connectivity index (χ4v) is 1.50. The van der Waals surface area contributed by atoms with Crippen LogP contribution < -0.4 is 5.73 Å². The molecule has 5 nitrogen and oxygen atoms in total. The van der Waals surface area contributed by atoms with Crippen molar-refractivity contribution in [2.75, 3.05) is 0 Å². The molecule has 1 atom stereocenters. The Kier molecular flexibility index (Phi) is 2.72. The normalized spacial score (nSPS) is 12.8. The molecule has 1 aromatic heterocycles. The van der Waals surface area contributed by atoms with Crippen molar-refractivity contribution in [3.8, 4) is 0 Å². The Labute approximate surface area is 73.4 Å². The Morgan fingerprint density at radius 1 is 1.83 bits per heavy atom. The predicted molar refractivity (Wildman–Crippen MR) is 43.8 cm³/mol. The summed E-state index contributed by atoms with van der Waals surface area (Å²) in [5.74, 6) is -0.907. The standard InChI is InChI=1S/C6H9N3O2S/c1-3-6(12-9-8-3)4(7)2-5(10)11/h4H,2,7H2,1H3,(H,10,11)/t4-/m0/s1. The number of carboxylic acids is 1. The largest absolute Gasteiger partial charge is 0.481 e. The number of hydrogen-bond donors (Lipinski definition) is 2. The number of aryl methyl sites for hydroxylation is 1. The Morgan fingerprint density at radius 3 is 2.92 bits per heavy atom. The third-order valence-electron chi connectivity index (χ3n) is 1.42. The van der Waals surface area contributed by atoms with E-state index in [0.717, 1.165) is 16.4 Å². The zero-order chi connectivity index (χ0) is 9.14. The van der Waals surface area contributed by atoms with Crippen LogP contribution in [0, 0.1) is 6.92 Å². The molecule has 3 N–H and O–H groups in total. The van der Waals surface area contributed by atoms with Gasteiger partial charge in [-0.2, -0.15) is 0 Å². The van der Waals surface area contributed by atoms with E-state index in [-0.39, 0.29) is 6.42 Å². The predicted octanol–water partition coefficient (Wildman–Crippen LogP) is 0.321. The summed E-state index contributed by atoms with van der Waals surface area (Å²) in [5.41, 5.74) is 6.31. The average Bonchev–Trinajstić information content (AvgIpc) is 2.33. The van der Waals surface area contributed by atoms with Gasteiger partial charge in [-0.25, -0.2) is 0 Å². The number of aliphatic carboxylic acids is 1. The molecule has 0 fully saturated rings. The lowest BCUT2D eigenvalue weighted by Crippen LogP contribution is -2.14. The lowest BCUT2D eigenvalue weighted by molar-refractivity contribution is -0.137. The van der Waals surface area contributed by atoms with Crippen molar-refractivity contribution in [2.24, 2.45) is 5.73 Å². The highest BCUT2D eigenvalue weighted by molar-refractivity contribution is 7.05. The maximum atomic E-state index is 10.3. The first-order valence-corrected chi connectivity index (χ1v) is 4.15. The van der Waals surface area contributed by atoms with E-state index in [9.17, 15) is 4.79 Å². The van der Waals surface area contributed by atoms with Gasteiger partial charge in [0.05, 0.1) is 23.0 Å². The molecule has 0 aromatic carbocycles. The van der Waals surface area contributed by atoms with Gasteiger partial charge in [0.15, 0.2) is 0 Å². The molecule has 0 saturated carbocycles. The SMILES string of the molecule is Cc1nnsc1[C@@H](N)CC(=O)O. The number of nitrogens with zero attached hydrogens (tertiary/aromatic N) is 2. The summed E-state index contributed by atoms with van der Waals surface area (Å²) >= 11 is 1.15. The lowest BCUT2D eigenvalue weighted by Gasteiger charge is -2.04. The van der Waals surface area contributed by atoms with Crippen LogP contribution in [0.4, 0.5) is 0 Å². The molecule has 66 valence electrons. The zero-order valence-electron chi connectivity index (χ0n) is 6.52. The summed E-state index contributed by atoms with van der Waals surface area (Å²) in [6.07, 6.45) is -0.0787. The van der Waals surface area contributed by atoms with Crippen LogP contribution in [0.3, 0.4) is 0 Å². The van der Waals surface area contributed by atoms with E-state index in [4.69, 9.17) is 10.8 Å². The maximum Gasteiger partial charge on any atom is 0.305 e. The molecule has 1 heterocycles. The van der Waals surface area contributed by atoms with Gasteiger partial charge in [-0.05, 0) is 18.5 Å². The Balaban J connectivity index is 2.71. The van der Waals surface area contributed by atoms with Gasteiger partial charge in [0.25, 0.3) is 0 Å². The smallest absolute Gasteiger partial charge is 0.305 e. The van der Waals surface area contributed by atoms with E-state index in [1.54, 1.807) is 6.92 Å². The summed E-state index contributed by atoms with van der Waals surface area (Å²) in [4.78, 5) is 11.0. The first-order valence-electron chi connectivity index (χ1n) is 3.37. The first kappa shape index (κ1) is 9.08. The van der Waals surface area contributed by atoms with Crippen molar-refractivity contribution < 1.29 is 9.90 Å². The highest BCUT2D eigenvalue weighted by Gasteiger charge is 2.15. The van der Waals surface area contributed by atoms with E-state index < -0.39 is 12.0 Å². The fraction of sp³-hybridized carbons (Fsp3) is 0.500. The number of carbonyl (C=O) groups is 1. The van der Waals surface area contributed by atoms with E-state index in [0.29, 0.717) is 5.69 Å². The van der Waals surface area contributed by atoms with Crippen LogP contribution in [-0.2, 0) is 4.79 Å². The van der Waals surface area contributed by atoms with Crippen molar-refractivity contribution in [3.05, 3.63) is 10.6 Å². The Hall–Kier alpha value is -1.01. The fourth-order valence-electron chi connectivity index (χ4n) is 0.858. The van der Waals surface area contributed by atoms with Crippen LogP contribution in [0.1, 0.15) is 23.0 Å². The van der Waals surface area contributed by atoms with Crippen molar-refractivity contribution in [2.45, 2.75) is 19.4 Å². The summed E-state index contributed by atoms with van der Waals surface area (Å²) in [5, 5.41) is 12.2. The molecule has 0 saturated heterocycles. The number of carboxylic acid groups (broad SMARTS) is 1. The minimum absolute atomic E-state index is 0.0787. The quantitative estimate of drug-likeness (QED) is 0.711. The molecule has 0 spiro atoms. The summed E-state index contributed by atoms with van der Waals surface area (Å²) in [7, 11) is 0. The van der Waals surface area contributed by atoms with Gasteiger partial charge in [0.2, 0.25) is 0 Å². The minimum atomic E-state index is -0.907. The molecule has 0 aliphatic heterocycles. The van der Waals surface area contributed by atoms with Gasteiger partial charge in [-0.1, -0.05) is 4.49 Å². The second kappa shape index (κ2) is 3.59. The van der Waals surface area contributed by atoms with Gasteiger partial charge in [-0.3, -0.25) is 4.79 Å². The van der Waals surface area contributed by atoms with Gasteiger partial charge >= 0.3 is 5.97 Å². The number of nitrogens with two attached hydrogens (primary N) is 1. The molecule has 0 aliphatic rings. The molecule has 12 heavy (non-hydrogen) atoms. The molecular weight excluding hydrogens is 178 g/mol. The average molecular weight is 187 g/mol. The third-order valence-corrected chi connectivity index (χ3v) is 2.38. The third kappa shape index (κ3) is 1.99. The van der Waals surface area contributed by atoms with Crippen molar-refractivity contribution in [1.29, 1.82) is 0 Å². The molecule has 0 unspecified atom stereocenters. The molecule has 0 bridgehead atoms. The molecule has 1 aromatic rings. The van der Waals surface area contributed by atoms with E-state index in [1.165, 1.54) is 0 Å². The molecule has 6 heteroatoms. The van der Waals surface area contributed by atoms with Crippen molar-refractivity contribution >= 4 is 17.5 Å². The maximum absolute atomic E-state index is 10.3. The Bertz CT molecular complexity index is 286. The van der Waals surface area contributed by atoms with E-state index >= 15 is 0 Å². The second-order valence-corrected chi connectivity index (χ2v) is 3.21. The lowest BCUT2D eigenvalue weighted by atomic mass is 10.1. The van der Waals surface area contributed by atoms with Crippen LogP contribution in [0.25, 0.3) is 0 Å². The molecule has 1 rings (SSSR count). The van der Waals surface area contributed by atoms with Gasteiger partial charge < -0.3 is 10.8 Å². The van der Waals surface area contributed by atoms with Crippen LogP contribution in [0.15, 0.2) is 0 Å².